The molecule has 2 N–H and O–H groups in total. The van der Waals surface area contributed by atoms with Gasteiger partial charge < -0.3 is 15.2 Å². The fourth-order valence-corrected chi connectivity index (χ4v) is 0.904. The Balaban J connectivity index is 3.43. The van der Waals surface area contributed by atoms with Crippen molar-refractivity contribution in [3.05, 3.63) is 0 Å². The molecular weight excluding hydrogens is 182 g/mol. The normalized spacial score (nSPS) is 12.9. The molecular formula is C10H21NO3. The minimum absolute atomic E-state index is 0.0793. The highest BCUT2D eigenvalue weighted by atomic mass is 16.5. The maximum Gasteiger partial charge on any atom is 0.246 e. The predicted octanol–water partition coefficient (Wildman–Crippen LogP) is 0.546. The number of ether oxygens (including phenoxy) is 1. The van der Waals surface area contributed by atoms with E-state index >= 15 is 0 Å². The summed E-state index contributed by atoms with van der Waals surface area (Å²) in [4.78, 5) is 11.2. The van der Waals surface area contributed by atoms with E-state index in [0.29, 0.717) is 18.9 Å². The van der Waals surface area contributed by atoms with Gasteiger partial charge in [0.2, 0.25) is 5.91 Å². The molecule has 0 aromatic heterocycles. The fourth-order valence-electron chi connectivity index (χ4n) is 0.904. The second-order valence-electron chi connectivity index (χ2n) is 3.78. The molecule has 0 saturated heterocycles. The number of aliphatic hydroxyl groups excluding tert-OH is 1. The summed E-state index contributed by atoms with van der Waals surface area (Å²) in [5.74, 6) is 0.214. The van der Waals surface area contributed by atoms with E-state index in [-0.39, 0.29) is 25.2 Å². The zero-order valence-electron chi connectivity index (χ0n) is 9.25. The average Bonchev–Trinajstić information content (AvgIpc) is 2.12. The molecule has 1 amide bonds. The van der Waals surface area contributed by atoms with Gasteiger partial charge in [0.15, 0.2) is 0 Å². The van der Waals surface area contributed by atoms with Crippen molar-refractivity contribution in [3.63, 3.8) is 0 Å². The van der Waals surface area contributed by atoms with Gasteiger partial charge in [0.25, 0.3) is 0 Å². The summed E-state index contributed by atoms with van der Waals surface area (Å²) in [6.07, 6.45) is 0.793. The number of nitrogens with one attached hydrogen (secondary N) is 1. The van der Waals surface area contributed by atoms with Gasteiger partial charge in [0.05, 0.1) is 6.10 Å². The second-order valence-corrected chi connectivity index (χ2v) is 3.78. The van der Waals surface area contributed by atoms with Crippen molar-refractivity contribution in [1.29, 1.82) is 0 Å². The zero-order chi connectivity index (χ0) is 11.0. The average molecular weight is 203 g/mol. The molecule has 14 heavy (non-hydrogen) atoms. The van der Waals surface area contributed by atoms with Gasteiger partial charge >= 0.3 is 0 Å². The number of hydrogen-bond donors (Lipinski definition) is 2. The quantitative estimate of drug-likeness (QED) is 0.635. The molecule has 4 nitrogen and oxygen atoms in total. The third kappa shape index (κ3) is 8.01. The van der Waals surface area contributed by atoms with Gasteiger partial charge in [-0.05, 0) is 26.2 Å². The van der Waals surface area contributed by atoms with Crippen molar-refractivity contribution in [1.82, 2.24) is 5.32 Å². The van der Waals surface area contributed by atoms with Crippen molar-refractivity contribution in [2.45, 2.75) is 33.3 Å². The molecule has 0 saturated carbocycles. The third-order valence-electron chi connectivity index (χ3n) is 1.82. The van der Waals surface area contributed by atoms with Crippen molar-refractivity contribution < 1.29 is 14.6 Å². The van der Waals surface area contributed by atoms with E-state index in [9.17, 15) is 4.79 Å². The summed E-state index contributed by atoms with van der Waals surface area (Å²) >= 11 is 0. The van der Waals surface area contributed by atoms with E-state index in [2.05, 4.69) is 5.32 Å². The Kier molecular flexibility index (Phi) is 7.42. The number of amides is 1. The number of carbonyl (C=O) groups is 1. The Bertz CT molecular complexity index is 159. The van der Waals surface area contributed by atoms with Crippen LogP contribution in [0.5, 0.6) is 0 Å². The molecule has 0 aliphatic carbocycles. The zero-order valence-corrected chi connectivity index (χ0v) is 9.25. The lowest BCUT2D eigenvalue weighted by Gasteiger charge is -2.12. The van der Waals surface area contributed by atoms with Gasteiger partial charge in [-0.25, -0.2) is 0 Å². The molecule has 0 heterocycles. The standard InChI is InChI=1S/C10H21NO3/c1-8(2)14-7-10(13)11-6-9(3)4-5-12/h8-9,12H,4-7H2,1-3H3,(H,11,13). The summed E-state index contributed by atoms with van der Waals surface area (Å²) in [6, 6.07) is 0. The minimum atomic E-state index is -0.0940. The van der Waals surface area contributed by atoms with Crippen LogP contribution in [0.1, 0.15) is 27.2 Å². The van der Waals surface area contributed by atoms with Crippen molar-refractivity contribution in [3.8, 4) is 0 Å². The monoisotopic (exact) mass is 203 g/mol. The smallest absolute Gasteiger partial charge is 0.246 e. The Morgan fingerprint density at radius 1 is 1.43 bits per heavy atom. The van der Waals surface area contributed by atoms with Gasteiger partial charge in [0, 0.05) is 13.2 Å². The van der Waals surface area contributed by atoms with Gasteiger partial charge in [-0.3, -0.25) is 4.79 Å². The molecule has 0 spiro atoms. The Hall–Kier alpha value is -0.610. The van der Waals surface area contributed by atoms with E-state index in [1.165, 1.54) is 0 Å². The molecule has 0 rings (SSSR count). The number of hydrogen-bond acceptors (Lipinski definition) is 3. The Morgan fingerprint density at radius 3 is 2.57 bits per heavy atom. The van der Waals surface area contributed by atoms with Crippen LogP contribution < -0.4 is 5.32 Å². The minimum Gasteiger partial charge on any atom is -0.396 e. The lowest BCUT2D eigenvalue weighted by molar-refractivity contribution is -0.127. The van der Waals surface area contributed by atoms with Crippen LogP contribution in [0.3, 0.4) is 0 Å². The Labute approximate surface area is 85.6 Å². The first-order valence-corrected chi connectivity index (χ1v) is 5.05. The largest absolute Gasteiger partial charge is 0.396 e. The molecule has 4 heteroatoms. The van der Waals surface area contributed by atoms with Gasteiger partial charge in [-0.15, -0.1) is 0 Å². The van der Waals surface area contributed by atoms with E-state index in [1.54, 1.807) is 0 Å². The molecule has 0 fully saturated rings. The summed E-state index contributed by atoms with van der Waals surface area (Å²) in [6.45, 7) is 6.65. The number of rotatable bonds is 7. The van der Waals surface area contributed by atoms with E-state index in [1.807, 2.05) is 20.8 Å². The molecule has 1 unspecified atom stereocenters. The lowest BCUT2D eigenvalue weighted by Crippen LogP contribution is -2.32. The molecule has 0 aromatic carbocycles. The summed E-state index contributed by atoms with van der Waals surface area (Å²) in [7, 11) is 0. The Morgan fingerprint density at radius 2 is 2.07 bits per heavy atom. The van der Waals surface area contributed by atoms with Crippen LogP contribution in [0.15, 0.2) is 0 Å². The molecule has 84 valence electrons. The highest BCUT2D eigenvalue weighted by Crippen LogP contribution is 1.97. The highest BCUT2D eigenvalue weighted by molar-refractivity contribution is 5.77. The van der Waals surface area contributed by atoms with Crippen molar-refractivity contribution >= 4 is 5.91 Å². The molecule has 0 radical (unpaired) electrons. The molecule has 1 atom stereocenters. The number of aliphatic hydroxyl groups is 1. The SMILES string of the molecule is CC(CCO)CNC(=O)COC(C)C. The first-order valence-electron chi connectivity index (χ1n) is 5.05. The maximum atomic E-state index is 11.2. The number of carbonyl (C=O) groups excluding carboxylic acids is 1. The van der Waals surface area contributed by atoms with Crippen LogP contribution in [0.25, 0.3) is 0 Å². The van der Waals surface area contributed by atoms with Crippen LogP contribution in [0.4, 0.5) is 0 Å². The van der Waals surface area contributed by atoms with Crippen LogP contribution in [-0.4, -0.2) is 36.9 Å². The third-order valence-corrected chi connectivity index (χ3v) is 1.82. The predicted molar refractivity (Wildman–Crippen MR) is 55.0 cm³/mol. The van der Waals surface area contributed by atoms with Gasteiger partial charge in [0.1, 0.15) is 6.61 Å². The molecule has 0 aliphatic heterocycles. The fraction of sp³-hybridized carbons (Fsp3) is 0.900. The first-order chi connectivity index (χ1) is 6.56. The molecule has 0 aromatic rings. The second kappa shape index (κ2) is 7.76. The molecule has 0 bridgehead atoms. The van der Waals surface area contributed by atoms with Gasteiger partial charge in [-0.2, -0.15) is 0 Å². The van der Waals surface area contributed by atoms with Crippen molar-refractivity contribution in [2.75, 3.05) is 19.8 Å². The van der Waals surface area contributed by atoms with E-state index in [4.69, 9.17) is 9.84 Å². The summed E-state index contributed by atoms with van der Waals surface area (Å²) in [5, 5.41) is 11.4. The van der Waals surface area contributed by atoms with Crippen LogP contribution in [-0.2, 0) is 9.53 Å². The first kappa shape index (κ1) is 13.4. The summed E-state index contributed by atoms with van der Waals surface area (Å²) in [5.41, 5.74) is 0. The van der Waals surface area contributed by atoms with Crippen molar-refractivity contribution in [2.24, 2.45) is 5.92 Å². The maximum absolute atomic E-state index is 11.2. The highest BCUT2D eigenvalue weighted by Gasteiger charge is 2.05. The van der Waals surface area contributed by atoms with E-state index < -0.39 is 0 Å². The lowest BCUT2D eigenvalue weighted by atomic mass is 10.1. The molecule has 0 aliphatic rings. The van der Waals surface area contributed by atoms with E-state index in [0.717, 1.165) is 0 Å². The summed E-state index contributed by atoms with van der Waals surface area (Å²) < 4.78 is 5.13. The van der Waals surface area contributed by atoms with Crippen LogP contribution >= 0.6 is 0 Å². The van der Waals surface area contributed by atoms with Crippen LogP contribution in [0.2, 0.25) is 0 Å². The van der Waals surface area contributed by atoms with Gasteiger partial charge in [-0.1, -0.05) is 6.92 Å². The topological polar surface area (TPSA) is 58.6 Å². The van der Waals surface area contributed by atoms with Crippen LogP contribution in [0, 0.1) is 5.92 Å².